The van der Waals surface area contributed by atoms with Crippen LogP contribution in [-0.2, 0) is 6.54 Å². The summed E-state index contributed by atoms with van der Waals surface area (Å²) in [5, 5.41) is 7.51. The largest absolute Gasteiger partial charge is 0.366 e. The minimum absolute atomic E-state index is 0.435. The number of hydrogen-bond acceptors (Lipinski definition) is 4. The first-order chi connectivity index (χ1) is 7.75. The molecule has 16 heavy (non-hydrogen) atoms. The molecule has 0 aromatic carbocycles. The highest BCUT2D eigenvalue weighted by Crippen LogP contribution is 2.14. The molecule has 1 N–H and O–H groups in total. The number of hydrogen-bond donors (Lipinski definition) is 1. The van der Waals surface area contributed by atoms with Crippen molar-refractivity contribution < 1.29 is 0 Å². The zero-order chi connectivity index (χ0) is 11.4. The lowest BCUT2D eigenvalue weighted by atomic mass is 10.1. The molecule has 4 heteroatoms. The van der Waals surface area contributed by atoms with E-state index in [9.17, 15) is 0 Å². The van der Waals surface area contributed by atoms with Gasteiger partial charge in [0.2, 0.25) is 0 Å². The third-order valence-corrected chi connectivity index (χ3v) is 3.07. The van der Waals surface area contributed by atoms with E-state index in [0.717, 1.165) is 18.1 Å². The van der Waals surface area contributed by atoms with Crippen LogP contribution in [0.25, 0.3) is 0 Å². The van der Waals surface area contributed by atoms with Crippen LogP contribution in [0.15, 0.2) is 29.2 Å². The van der Waals surface area contributed by atoms with Gasteiger partial charge in [-0.25, -0.2) is 9.97 Å². The van der Waals surface area contributed by atoms with Crippen molar-refractivity contribution in [3.8, 4) is 0 Å². The molecular weight excluding hydrogens is 218 g/mol. The molecule has 0 aliphatic carbocycles. The number of aromatic nitrogens is 2. The van der Waals surface area contributed by atoms with Gasteiger partial charge in [0.1, 0.15) is 12.1 Å². The Morgan fingerprint density at radius 1 is 1.38 bits per heavy atom. The van der Waals surface area contributed by atoms with Crippen molar-refractivity contribution in [1.29, 1.82) is 0 Å². The molecule has 84 valence electrons. The average molecular weight is 233 g/mol. The Morgan fingerprint density at radius 2 is 2.25 bits per heavy atom. The summed E-state index contributed by atoms with van der Waals surface area (Å²) in [4.78, 5) is 8.44. The molecule has 0 aliphatic rings. The maximum absolute atomic E-state index is 4.23. The van der Waals surface area contributed by atoms with E-state index in [4.69, 9.17) is 0 Å². The smallest absolute Gasteiger partial charge is 0.129 e. The number of nitrogens with zero attached hydrogens (tertiary/aromatic N) is 2. The molecule has 2 aromatic heterocycles. The summed E-state index contributed by atoms with van der Waals surface area (Å²) >= 11 is 1.71. The first kappa shape index (κ1) is 11.1. The molecule has 0 radical (unpaired) electrons. The second-order valence-corrected chi connectivity index (χ2v) is 4.75. The fourth-order valence-corrected chi connectivity index (χ4v) is 2.04. The Bertz CT molecular complexity index is 437. The molecule has 2 aromatic rings. The standard InChI is InChI=1S/C12H15N3S/c1-9(2)11-5-12(15-8-14-11)13-6-10-3-4-16-7-10/h3-5,7-9H,6H2,1-2H3,(H,13,14,15). The molecule has 0 aliphatic heterocycles. The predicted molar refractivity (Wildman–Crippen MR) is 67.8 cm³/mol. The molecule has 3 nitrogen and oxygen atoms in total. The quantitative estimate of drug-likeness (QED) is 0.880. The van der Waals surface area contributed by atoms with Crippen LogP contribution in [0, 0.1) is 0 Å². The highest BCUT2D eigenvalue weighted by Gasteiger charge is 2.02. The van der Waals surface area contributed by atoms with Crippen LogP contribution in [0.4, 0.5) is 5.82 Å². The summed E-state index contributed by atoms with van der Waals surface area (Å²) in [5.41, 5.74) is 2.36. The number of anilines is 1. The van der Waals surface area contributed by atoms with Gasteiger partial charge in [-0.2, -0.15) is 11.3 Å². The van der Waals surface area contributed by atoms with Crippen molar-refractivity contribution in [1.82, 2.24) is 9.97 Å². The van der Waals surface area contributed by atoms with E-state index in [1.807, 2.05) is 6.07 Å². The molecule has 0 atom stereocenters. The van der Waals surface area contributed by atoms with Gasteiger partial charge in [-0.3, -0.25) is 0 Å². The highest BCUT2D eigenvalue weighted by atomic mass is 32.1. The van der Waals surface area contributed by atoms with Gasteiger partial charge >= 0.3 is 0 Å². The summed E-state index contributed by atoms with van der Waals surface area (Å²) in [5.74, 6) is 1.33. The maximum atomic E-state index is 4.23. The maximum Gasteiger partial charge on any atom is 0.129 e. The van der Waals surface area contributed by atoms with E-state index < -0.39 is 0 Å². The molecule has 0 saturated heterocycles. The molecule has 0 spiro atoms. The lowest BCUT2D eigenvalue weighted by molar-refractivity contribution is 0.814. The third kappa shape index (κ3) is 2.79. The average Bonchev–Trinajstić information content (AvgIpc) is 2.79. The molecule has 0 saturated carbocycles. The molecule has 0 amide bonds. The fourth-order valence-electron chi connectivity index (χ4n) is 1.37. The lowest BCUT2D eigenvalue weighted by Crippen LogP contribution is -2.02. The van der Waals surface area contributed by atoms with Crippen molar-refractivity contribution in [2.45, 2.75) is 26.3 Å². The van der Waals surface area contributed by atoms with Crippen molar-refractivity contribution >= 4 is 17.2 Å². The summed E-state index contributed by atoms with van der Waals surface area (Å²) < 4.78 is 0. The van der Waals surface area contributed by atoms with E-state index in [1.54, 1.807) is 17.7 Å². The number of thiophene rings is 1. The van der Waals surface area contributed by atoms with Crippen LogP contribution < -0.4 is 5.32 Å². The molecule has 2 rings (SSSR count). The summed E-state index contributed by atoms with van der Waals surface area (Å²) in [6, 6.07) is 4.12. The van der Waals surface area contributed by atoms with Gasteiger partial charge in [0, 0.05) is 18.3 Å². The lowest BCUT2D eigenvalue weighted by Gasteiger charge is -2.07. The van der Waals surface area contributed by atoms with E-state index in [2.05, 4.69) is 46.0 Å². The van der Waals surface area contributed by atoms with Gasteiger partial charge in [0.15, 0.2) is 0 Å². The molecule has 0 fully saturated rings. The Morgan fingerprint density at radius 3 is 2.94 bits per heavy atom. The van der Waals surface area contributed by atoms with Crippen molar-refractivity contribution in [3.05, 3.63) is 40.5 Å². The predicted octanol–water partition coefficient (Wildman–Crippen LogP) is 3.27. The zero-order valence-corrected chi connectivity index (χ0v) is 10.3. The second kappa shape index (κ2) is 5.07. The van der Waals surface area contributed by atoms with Gasteiger partial charge < -0.3 is 5.32 Å². The summed E-state index contributed by atoms with van der Waals surface area (Å²) in [6.07, 6.45) is 1.62. The summed E-state index contributed by atoms with van der Waals surface area (Å²) in [6.45, 7) is 5.08. The monoisotopic (exact) mass is 233 g/mol. The van der Waals surface area contributed by atoms with Crippen LogP contribution in [0.5, 0.6) is 0 Å². The first-order valence-corrected chi connectivity index (χ1v) is 6.27. The Kier molecular flexibility index (Phi) is 3.51. The van der Waals surface area contributed by atoms with Gasteiger partial charge in [-0.05, 0) is 28.3 Å². The van der Waals surface area contributed by atoms with Gasteiger partial charge in [-0.15, -0.1) is 0 Å². The van der Waals surface area contributed by atoms with E-state index in [0.29, 0.717) is 5.92 Å². The first-order valence-electron chi connectivity index (χ1n) is 5.32. The molecule has 0 bridgehead atoms. The van der Waals surface area contributed by atoms with E-state index in [-0.39, 0.29) is 0 Å². The van der Waals surface area contributed by atoms with Crippen molar-refractivity contribution in [3.63, 3.8) is 0 Å². The Labute approximate surface area is 99.6 Å². The minimum atomic E-state index is 0.435. The summed E-state index contributed by atoms with van der Waals surface area (Å²) in [7, 11) is 0. The minimum Gasteiger partial charge on any atom is -0.366 e. The van der Waals surface area contributed by atoms with Gasteiger partial charge in [0.25, 0.3) is 0 Å². The van der Waals surface area contributed by atoms with Crippen LogP contribution >= 0.6 is 11.3 Å². The second-order valence-electron chi connectivity index (χ2n) is 3.97. The van der Waals surface area contributed by atoms with Crippen molar-refractivity contribution in [2.75, 3.05) is 5.32 Å². The fraction of sp³-hybridized carbons (Fsp3) is 0.333. The van der Waals surface area contributed by atoms with Crippen LogP contribution in [-0.4, -0.2) is 9.97 Å². The highest BCUT2D eigenvalue weighted by molar-refractivity contribution is 7.07. The van der Waals surface area contributed by atoms with Crippen LogP contribution in [0.2, 0.25) is 0 Å². The van der Waals surface area contributed by atoms with Gasteiger partial charge in [0.05, 0.1) is 0 Å². The zero-order valence-electron chi connectivity index (χ0n) is 9.47. The Balaban J connectivity index is 2.01. The normalized spacial score (nSPS) is 10.7. The third-order valence-electron chi connectivity index (χ3n) is 2.33. The van der Waals surface area contributed by atoms with Gasteiger partial charge in [-0.1, -0.05) is 13.8 Å². The molecule has 2 heterocycles. The van der Waals surface area contributed by atoms with E-state index in [1.165, 1.54) is 5.56 Å². The Hall–Kier alpha value is -1.42. The van der Waals surface area contributed by atoms with Crippen LogP contribution in [0.1, 0.15) is 31.0 Å². The molecular formula is C12H15N3S. The SMILES string of the molecule is CC(C)c1cc(NCc2ccsc2)ncn1. The number of rotatable bonds is 4. The topological polar surface area (TPSA) is 37.8 Å². The molecule has 0 unspecified atom stereocenters. The van der Waals surface area contributed by atoms with E-state index >= 15 is 0 Å². The number of nitrogens with one attached hydrogen (secondary N) is 1. The van der Waals surface area contributed by atoms with Crippen LogP contribution in [0.3, 0.4) is 0 Å². The van der Waals surface area contributed by atoms with Crippen molar-refractivity contribution in [2.24, 2.45) is 0 Å².